The molecule has 4 rings (SSSR count). The lowest BCUT2D eigenvalue weighted by molar-refractivity contribution is -0.133. The Morgan fingerprint density at radius 1 is 1.14 bits per heavy atom. The number of anilines is 1. The minimum absolute atomic E-state index is 0.190. The van der Waals surface area contributed by atoms with Crippen LogP contribution in [0.5, 0.6) is 0 Å². The Kier molecular flexibility index (Phi) is 2.60. The monoisotopic (exact) mass is 296 g/mol. The van der Waals surface area contributed by atoms with E-state index in [1.807, 2.05) is 36.4 Å². The number of hydrogen-bond acceptors (Lipinski definition) is 4. The van der Waals surface area contributed by atoms with Crippen molar-refractivity contribution in [3.63, 3.8) is 0 Å². The van der Waals surface area contributed by atoms with Gasteiger partial charge in [0.05, 0.1) is 15.2 Å². The maximum atomic E-state index is 12.2. The number of nitrogens with zero attached hydrogens (tertiary/aromatic N) is 1. The minimum atomic E-state index is -1.54. The number of nitrogens with one attached hydrogen (secondary N) is 1. The molecular formula is C16H12N2O2S. The van der Waals surface area contributed by atoms with E-state index in [0.29, 0.717) is 11.3 Å². The number of aromatic nitrogens is 1. The Morgan fingerprint density at radius 2 is 1.90 bits per heavy atom. The van der Waals surface area contributed by atoms with Gasteiger partial charge in [-0.15, -0.1) is 11.3 Å². The first kappa shape index (κ1) is 12.5. The number of para-hydroxylation sites is 2. The van der Waals surface area contributed by atoms with Crippen molar-refractivity contribution in [2.75, 3.05) is 5.32 Å². The summed E-state index contributed by atoms with van der Waals surface area (Å²) in [5.74, 6) is -0.386. The molecule has 2 N–H and O–H groups in total. The van der Waals surface area contributed by atoms with Gasteiger partial charge in [-0.2, -0.15) is 0 Å². The Morgan fingerprint density at radius 3 is 2.76 bits per heavy atom. The Labute approximate surface area is 125 Å². The summed E-state index contributed by atoms with van der Waals surface area (Å²) < 4.78 is 1.06. The van der Waals surface area contributed by atoms with Gasteiger partial charge in [-0.05, 0) is 18.2 Å². The van der Waals surface area contributed by atoms with Crippen molar-refractivity contribution in [2.45, 2.75) is 12.0 Å². The molecule has 0 radical (unpaired) electrons. The zero-order chi connectivity index (χ0) is 14.4. The van der Waals surface area contributed by atoms with Crippen molar-refractivity contribution in [1.29, 1.82) is 0 Å². The van der Waals surface area contributed by atoms with Gasteiger partial charge in [-0.3, -0.25) is 4.79 Å². The third-order valence-electron chi connectivity index (χ3n) is 3.74. The minimum Gasteiger partial charge on any atom is -0.375 e. The van der Waals surface area contributed by atoms with E-state index in [1.54, 1.807) is 12.1 Å². The van der Waals surface area contributed by atoms with E-state index < -0.39 is 5.60 Å². The molecule has 0 bridgehead atoms. The molecular weight excluding hydrogens is 284 g/mol. The van der Waals surface area contributed by atoms with Gasteiger partial charge < -0.3 is 10.4 Å². The molecule has 0 saturated heterocycles. The SMILES string of the molecule is O=C1Nc2ccccc2C1(O)Cc1nc2ccccc2s1. The number of amides is 1. The van der Waals surface area contributed by atoms with Crippen LogP contribution in [0.3, 0.4) is 0 Å². The highest BCUT2D eigenvalue weighted by atomic mass is 32.1. The van der Waals surface area contributed by atoms with Crippen LogP contribution in [-0.2, 0) is 16.8 Å². The highest BCUT2D eigenvalue weighted by Gasteiger charge is 2.45. The van der Waals surface area contributed by atoms with E-state index in [-0.39, 0.29) is 12.3 Å². The number of benzene rings is 2. The summed E-state index contributed by atoms with van der Waals surface area (Å²) in [7, 11) is 0. The van der Waals surface area contributed by atoms with Crippen LogP contribution < -0.4 is 5.32 Å². The molecule has 21 heavy (non-hydrogen) atoms. The second-order valence-electron chi connectivity index (χ2n) is 5.11. The lowest BCUT2D eigenvalue weighted by Gasteiger charge is -2.19. The molecule has 5 heteroatoms. The molecule has 104 valence electrons. The third kappa shape index (κ3) is 1.86. The molecule has 2 heterocycles. The molecule has 0 fully saturated rings. The number of fused-ring (bicyclic) bond motifs is 2. The zero-order valence-corrected chi connectivity index (χ0v) is 11.9. The summed E-state index contributed by atoms with van der Waals surface area (Å²) in [6.45, 7) is 0. The summed E-state index contributed by atoms with van der Waals surface area (Å²) in [5.41, 5.74) is 0.651. The van der Waals surface area contributed by atoms with Crippen LogP contribution in [0.4, 0.5) is 5.69 Å². The number of rotatable bonds is 2. The fourth-order valence-electron chi connectivity index (χ4n) is 2.69. The predicted molar refractivity (Wildman–Crippen MR) is 82.3 cm³/mol. The van der Waals surface area contributed by atoms with Gasteiger partial charge in [0.25, 0.3) is 5.91 Å². The quantitative estimate of drug-likeness (QED) is 0.764. The Bertz CT molecular complexity index is 825. The number of carbonyl (C=O) groups is 1. The molecule has 1 atom stereocenters. The first-order valence-corrected chi connectivity index (χ1v) is 7.46. The Balaban J connectivity index is 1.77. The lowest BCUT2D eigenvalue weighted by atomic mass is 9.92. The topological polar surface area (TPSA) is 62.2 Å². The van der Waals surface area contributed by atoms with Gasteiger partial charge in [-0.25, -0.2) is 4.98 Å². The average Bonchev–Trinajstić information content (AvgIpc) is 2.99. The van der Waals surface area contributed by atoms with Gasteiger partial charge in [-0.1, -0.05) is 30.3 Å². The smallest absolute Gasteiger partial charge is 0.261 e. The molecule has 1 aliphatic heterocycles. The van der Waals surface area contributed by atoms with Crippen LogP contribution in [0, 0.1) is 0 Å². The van der Waals surface area contributed by atoms with Crippen LogP contribution in [0.2, 0.25) is 0 Å². The maximum absolute atomic E-state index is 12.2. The van der Waals surface area contributed by atoms with Gasteiger partial charge in [0, 0.05) is 17.7 Å². The summed E-state index contributed by atoms with van der Waals surface area (Å²) >= 11 is 1.51. The molecule has 4 nitrogen and oxygen atoms in total. The molecule has 0 aliphatic carbocycles. The first-order chi connectivity index (χ1) is 10.2. The van der Waals surface area contributed by atoms with Crippen molar-refractivity contribution < 1.29 is 9.90 Å². The highest BCUT2D eigenvalue weighted by Crippen LogP contribution is 2.39. The lowest BCUT2D eigenvalue weighted by Crippen LogP contribution is -2.36. The first-order valence-electron chi connectivity index (χ1n) is 6.65. The van der Waals surface area contributed by atoms with Crippen molar-refractivity contribution in [2.24, 2.45) is 0 Å². The summed E-state index contributed by atoms with van der Waals surface area (Å²) in [5, 5.41) is 14.3. The highest BCUT2D eigenvalue weighted by molar-refractivity contribution is 7.18. The molecule has 1 amide bonds. The number of hydrogen-bond donors (Lipinski definition) is 2. The van der Waals surface area contributed by atoms with Gasteiger partial charge in [0.2, 0.25) is 0 Å². The summed E-state index contributed by atoms with van der Waals surface area (Å²) in [6, 6.07) is 15.0. The normalized spacial score (nSPS) is 20.5. The Hall–Kier alpha value is -2.24. The molecule has 2 aromatic carbocycles. The molecule has 0 saturated carbocycles. The second kappa shape index (κ2) is 4.38. The molecule has 1 unspecified atom stereocenters. The zero-order valence-electron chi connectivity index (χ0n) is 11.0. The van der Waals surface area contributed by atoms with Crippen molar-refractivity contribution in [3.05, 3.63) is 59.1 Å². The molecule has 3 aromatic rings. The van der Waals surface area contributed by atoms with Gasteiger partial charge >= 0.3 is 0 Å². The van der Waals surface area contributed by atoms with Crippen LogP contribution in [0.25, 0.3) is 10.2 Å². The van der Waals surface area contributed by atoms with Crippen molar-refractivity contribution in [1.82, 2.24) is 4.98 Å². The van der Waals surface area contributed by atoms with Crippen LogP contribution in [0.15, 0.2) is 48.5 Å². The van der Waals surface area contributed by atoms with Crippen LogP contribution in [-0.4, -0.2) is 16.0 Å². The second-order valence-corrected chi connectivity index (χ2v) is 6.23. The van der Waals surface area contributed by atoms with E-state index in [4.69, 9.17) is 0 Å². The van der Waals surface area contributed by atoms with Crippen molar-refractivity contribution in [3.8, 4) is 0 Å². The van der Waals surface area contributed by atoms with Gasteiger partial charge in [0.15, 0.2) is 5.60 Å². The average molecular weight is 296 g/mol. The fraction of sp³-hybridized carbons (Fsp3) is 0.125. The number of carbonyl (C=O) groups excluding carboxylic acids is 1. The van der Waals surface area contributed by atoms with Gasteiger partial charge in [0.1, 0.15) is 0 Å². The largest absolute Gasteiger partial charge is 0.375 e. The third-order valence-corrected chi connectivity index (χ3v) is 4.78. The fourth-order valence-corrected chi connectivity index (χ4v) is 3.73. The van der Waals surface area contributed by atoms with E-state index in [0.717, 1.165) is 15.2 Å². The maximum Gasteiger partial charge on any atom is 0.261 e. The number of aliphatic hydroxyl groups is 1. The summed E-state index contributed by atoms with van der Waals surface area (Å²) in [6.07, 6.45) is 0.190. The van der Waals surface area contributed by atoms with E-state index >= 15 is 0 Å². The molecule has 1 aliphatic rings. The standard InChI is InChI=1S/C16H12N2O2S/c19-15-16(20,10-5-1-2-6-11(10)18-15)9-14-17-12-7-3-4-8-13(12)21-14/h1-8,20H,9H2,(H,18,19). The van der Waals surface area contributed by atoms with E-state index in [1.165, 1.54) is 11.3 Å². The summed E-state index contributed by atoms with van der Waals surface area (Å²) in [4.78, 5) is 16.7. The van der Waals surface area contributed by atoms with Crippen LogP contribution >= 0.6 is 11.3 Å². The molecule has 1 aromatic heterocycles. The molecule has 0 spiro atoms. The van der Waals surface area contributed by atoms with E-state index in [2.05, 4.69) is 10.3 Å². The van der Waals surface area contributed by atoms with Crippen molar-refractivity contribution >= 4 is 33.1 Å². The van der Waals surface area contributed by atoms with Crippen LogP contribution in [0.1, 0.15) is 10.6 Å². The predicted octanol–water partition coefficient (Wildman–Crippen LogP) is 2.68. The van der Waals surface area contributed by atoms with E-state index in [9.17, 15) is 9.90 Å². The number of thiazole rings is 1.